The molecule has 184 valence electrons. The first-order chi connectivity index (χ1) is 16.9. The summed E-state index contributed by atoms with van der Waals surface area (Å²) in [5.41, 5.74) is 9.21. The van der Waals surface area contributed by atoms with Crippen molar-refractivity contribution in [3.63, 3.8) is 0 Å². The smallest absolute Gasteiger partial charge is 0.160 e. The summed E-state index contributed by atoms with van der Waals surface area (Å²) in [4.78, 5) is 11.9. The lowest BCUT2D eigenvalue weighted by atomic mass is 9.91. The van der Waals surface area contributed by atoms with Gasteiger partial charge in [0, 0.05) is 61.5 Å². The summed E-state index contributed by atoms with van der Waals surface area (Å²) in [5, 5.41) is 8.89. The van der Waals surface area contributed by atoms with Crippen molar-refractivity contribution in [1.29, 1.82) is 0 Å². The highest BCUT2D eigenvalue weighted by Crippen LogP contribution is 2.30. The zero-order chi connectivity index (χ0) is 24.4. The van der Waals surface area contributed by atoms with Gasteiger partial charge in [0.25, 0.3) is 0 Å². The van der Waals surface area contributed by atoms with Crippen LogP contribution in [0.4, 0.5) is 17.3 Å². The maximum absolute atomic E-state index is 6.55. The number of hydrogen-bond donors (Lipinski definition) is 2. The van der Waals surface area contributed by atoms with Gasteiger partial charge in [-0.05, 0) is 58.6 Å². The van der Waals surface area contributed by atoms with E-state index in [0.29, 0.717) is 5.92 Å². The lowest BCUT2D eigenvalue weighted by Gasteiger charge is -2.39. The van der Waals surface area contributed by atoms with Crippen molar-refractivity contribution >= 4 is 28.4 Å². The van der Waals surface area contributed by atoms with Gasteiger partial charge in [-0.15, -0.1) is 0 Å². The molecule has 0 saturated carbocycles. The number of hydrogen-bond acceptors (Lipinski definition) is 7. The number of pyridine rings is 2. The van der Waals surface area contributed by atoms with E-state index in [-0.39, 0.29) is 11.6 Å². The monoisotopic (exact) mass is 473 g/mol. The quantitative estimate of drug-likeness (QED) is 0.547. The van der Waals surface area contributed by atoms with Crippen LogP contribution < -0.4 is 16.0 Å². The Balaban J connectivity index is 1.46. The van der Waals surface area contributed by atoms with Gasteiger partial charge in [0.2, 0.25) is 0 Å². The molecule has 0 aliphatic carbocycles. The van der Waals surface area contributed by atoms with Crippen LogP contribution in [0.15, 0.2) is 30.6 Å². The standard InChI is InChI=1S/C27H35N7O/c1-19(2)34-26-22(17-30-34)7-8-24(32-26)31-25-15-23(33-12-4-11-27(3,28)18-33)21(16-29-25)6-5-20-9-13-35-14-10-20/h7-8,15-17,19-20H,4,9-14,18,28H2,1-3H3,(H,29,31,32)/t27-/m0/s1. The van der Waals surface area contributed by atoms with Crippen molar-refractivity contribution < 1.29 is 4.74 Å². The van der Waals surface area contributed by atoms with Gasteiger partial charge in [0.05, 0.1) is 17.4 Å². The summed E-state index contributed by atoms with van der Waals surface area (Å²) in [6.45, 7) is 9.66. The molecule has 3 N–H and O–H groups in total. The molecule has 3 aromatic heterocycles. The summed E-state index contributed by atoms with van der Waals surface area (Å²) in [7, 11) is 0. The topological polar surface area (TPSA) is 94.1 Å². The molecule has 0 aromatic carbocycles. The molecule has 2 fully saturated rings. The van der Waals surface area contributed by atoms with E-state index in [0.717, 1.165) is 85.9 Å². The van der Waals surface area contributed by atoms with Gasteiger partial charge in [0.1, 0.15) is 11.6 Å². The third-order valence-corrected chi connectivity index (χ3v) is 6.77. The van der Waals surface area contributed by atoms with E-state index in [2.05, 4.69) is 54.0 Å². The molecule has 3 aromatic rings. The highest BCUT2D eigenvalue weighted by atomic mass is 16.5. The van der Waals surface area contributed by atoms with Crippen molar-refractivity contribution in [1.82, 2.24) is 19.7 Å². The van der Waals surface area contributed by atoms with Gasteiger partial charge in [-0.3, -0.25) is 0 Å². The second-order valence-corrected chi connectivity index (χ2v) is 10.3. The maximum Gasteiger partial charge on any atom is 0.160 e. The van der Waals surface area contributed by atoms with Crippen molar-refractivity contribution in [2.75, 3.05) is 36.5 Å². The zero-order valence-corrected chi connectivity index (χ0v) is 20.9. The van der Waals surface area contributed by atoms with Crippen LogP contribution in [-0.2, 0) is 4.74 Å². The Bertz CT molecular complexity index is 1250. The van der Waals surface area contributed by atoms with Crippen LogP contribution in [-0.4, -0.2) is 51.6 Å². The first-order valence-electron chi connectivity index (χ1n) is 12.6. The molecule has 5 rings (SSSR count). The second kappa shape index (κ2) is 9.84. The van der Waals surface area contributed by atoms with Crippen LogP contribution in [0.25, 0.3) is 11.0 Å². The Morgan fingerprint density at radius 1 is 1.20 bits per heavy atom. The van der Waals surface area contributed by atoms with Crippen LogP contribution in [0.1, 0.15) is 58.1 Å². The molecular formula is C27H35N7O. The lowest BCUT2D eigenvalue weighted by molar-refractivity contribution is 0.0807. The number of anilines is 3. The molecule has 0 bridgehead atoms. The Morgan fingerprint density at radius 2 is 2.03 bits per heavy atom. The molecular weight excluding hydrogens is 438 g/mol. The highest BCUT2D eigenvalue weighted by molar-refractivity contribution is 5.77. The first kappa shape index (κ1) is 23.6. The number of nitrogens with two attached hydrogens (primary N) is 1. The minimum Gasteiger partial charge on any atom is -0.381 e. The fourth-order valence-corrected chi connectivity index (χ4v) is 4.87. The van der Waals surface area contributed by atoms with Crippen molar-refractivity contribution in [3.8, 4) is 11.8 Å². The molecule has 8 nitrogen and oxygen atoms in total. The van der Waals surface area contributed by atoms with Crippen molar-refractivity contribution in [2.45, 2.75) is 58.0 Å². The van der Waals surface area contributed by atoms with E-state index < -0.39 is 0 Å². The fraction of sp³-hybridized carbons (Fsp3) is 0.519. The number of fused-ring (bicyclic) bond motifs is 1. The molecule has 2 saturated heterocycles. The molecule has 2 aliphatic heterocycles. The Morgan fingerprint density at radius 3 is 2.80 bits per heavy atom. The Hall–Kier alpha value is -3.15. The maximum atomic E-state index is 6.55. The predicted molar refractivity (Wildman–Crippen MR) is 140 cm³/mol. The number of rotatable bonds is 4. The van der Waals surface area contributed by atoms with E-state index in [1.165, 1.54) is 0 Å². The number of piperidine rings is 1. The SMILES string of the molecule is CC(C)n1ncc2ccc(Nc3cc(N4CCC[C@](C)(N)C4)c(C#CC4CCOCC4)cn3)nc21. The average molecular weight is 474 g/mol. The van der Waals surface area contributed by atoms with Gasteiger partial charge in [0.15, 0.2) is 5.65 Å². The number of nitrogens with one attached hydrogen (secondary N) is 1. The summed E-state index contributed by atoms with van der Waals surface area (Å²) in [6.07, 6.45) is 7.79. The molecule has 0 radical (unpaired) electrons. The number of nitrogens with zero attached hydrogens (tertiary/aromatic N) is 5. The molecule has 0 amide bonds. The number of ether oxygens (including phenoxy) is 1. The summed E-state index contributed by atoms with van der Waals surface area (Å²) in [5.74, 6) is 8.75. The number of aromatic nitrogens is 4. The van der Waals surface area contributed by atoms with Crippen LogP contribution in [0, 0.1) is 17.8 Å². The van der Waals surface area contributed by atoms with E-state index in [9.17, 15) is 0 Å². The molecule has 0 spiro atoms. The van der Waals surface area contributed by atoms with E-state index >= 15 is 0 Å². The van der Waals surface area contributed by atoms with Gasteiger partial charge in [-0.25, -0.2) is 14.6 Å². The highest BCUT2D eigenvalue weighted by Gasteiger charge is 2.28. The van der Waals surface area contributed by atoms with Gasteiger partial charge in [-0.2, -0.15) is 5.10 Å². The fourth-order valence-electron chi connectivity index (χ4n) is 4.87. The first-order valence-corrected chi connectivity index (χ1v) is 12.6. The van der Waals surface area contributed by atoms with Crippen LogP contribution in [0.2, 0.25) is 0 Å². The molecule has 5 heterocycles. The lowest BCUT2D eigenvalue weighted by Crippen LogP contribution is -2.52. The summed E-state index contributed by atoms with van der Waals surface area (Å²) >= 11 is 0. The van der Waals surface area contributed by atoms with E-state index in [1.54, 1.807) is 0 Å². The normalized spacial score (nSPS) is 21.2. The Labute approximate surface area is 207 Å². The van der Waals surface area contributed by atoms with Gasteiger partial charge < -0.3 is 20.7 Å². The molecule has 0 unspecified atom stereocenters. The average Bonchev–Trinajstić information content (AvgIpc) is 3.27. The van der Waals surface area contributed by atoms with Crippen LogP contribution in [0.3, 0.4) is 0 Å². The minimum atomic E-state index is -0.220. The predicted octanol–water partition coefficient (Wildman–Crippen LogP) is 4.25. The van der Waals surface area contributed by atoms with E-state index in [4.69, 9.17) is 20.4 Å². The third-order valence-electron chi connectivity index (χ3n) is 6.77. The molecule has 2 aliphatic rings. The van der Waals surface area contributed by atoms with Gasteiger partial charge >= 0.3 is 0 Å². The van der Waals surface area contributed by atoms with Gasteiger partial charge in [-0.1, -0.05) is 11.8 Å². The zero-order valence-electron chi connectivity index (χ0n) is 20.9. The minimum absolute atomic E-state index is 0.220. The molecule has 35 heavy (non-hydrogen) atoms. The van der Waals surface area contributed by atoms with Crippen LogP contribution in [0.5, 0.6) is 0 Å². The summed E-state index contributed by atoms with van der Waals surface area (Å²) < 4.78 is 7.42. The Kier molecular flexibility index (Phi) is 6.63. The van der Waals surface area contributed by atoms with E-state index in [1.807, 2.05) is 29.2 Å². The molecule has 1 atom stereocenters. The second-order valence-electron chi connectivity index (χ2n) is 10.3. The van der Waals surface area contributed by atoms with Crippen LogP contribution >= 0.6 is 0 Å². The van der Waals surface area contributed by atoms with Crippen molar-refractivity contribution in [3.05, 3.63) is 36.2 Å². The molecule has 8 heteroatoms. The van der Waals surface area contributed by atoms with Crippen molar-refractivity contribution in [2.24, 2.45) is 11.7 Å². The third kappa shape index (κ3) is 5.42. The largest absolute Gasteiger partial charge is 0.381 e. The summed E-state index contributed by atoms with van der Waals surface area (Å²) in [6, 6.07) is 6.32.